The number of carbonyl (C=O) groups excluding carboxylic acids is 4. The number of imide groups is 2. The number of piperidine rings is 2. The van der Waals surface area contributed by atoms with Gasteiger partial charge in [-0.3, -0.25) is 34.3 Å². The van der Waals surface area contributed by atoms with Crippen molar-refractivity contribution in [2.24, 2.45) is 5.92 Å². The summed E-state index contributed by atoms with van der Waals surface area (Å²) in [6.45, 7) is -13.3. The van der Waals surface area contributed by atoms with Gasteiger partial charge in [0.2, 0.25) is 11.8 Å². The molecule has 1 atom stereocenters. The molecule has 11 heteroatoms. The normalized spacial score (nSPS) is 34.0. The zero-order valence-corrected chi connectivity index (χ0v) is 17.9. The molecule has 4 amide bonds. The summed E-state index contributed by atoms with van der Waals surface area (Å²) >= 11 is 0. The zero-order valence-electron chi connectivity index (χ0n) is 25.9. The number of rotatable bonds is 4. The van der Waals surface area contributed by atoms with Crippen molar-refractivity contribution in [2.75, 3.05) is 50.5 Å². The molecular formula is C23H27F2N5O4. The molecule has 0 aromatic heterocycles. The fourth-order valence-electron chi connectivity index (χ4n) is 4.55. The first-order valence-corrected chi connectivity index (χ1v) is 10.9. The molecule has 0 saturated carbocycles. The van der Waals surface area contributed by atoms with Crippen molar-refractivity contribution in [3.63, 3.8) is 0 Å². The first-order valence-electron chi connectivity index (χ1n) is 14.9. The monoisotopic (exact) mass is 483 g/mol. The van der Waals surface area contributed by atoms with Crippen LogP contribution < -0.4 is 15.5 Å². The quantitative estimate of drug-likeness (QED) is 0.601. The van der Waals surface area contributed by atoms with Crippen molar-refractivity contribution >= 4 is 29.3 Å². The second-order valence-corrected chi connectivity index (χ2v) is 8.48. The number of fused-ring (bicyclic) bond motifs is 1. The van der Waals surface area contributed by atoms with E-state index >= 15 is 8.78 Å². The number of piperazine rings is 1. The third-order valence-corrected chi connectivity index (χ3v) is 6.31. The third-order valence-electron chi connectivity index (χ3n) is 6.31. The van der Waals surface area contributed by atoms with Gasteiger partial charge in [0.1, 0.15) is 17.5 Å². The SMILES string of the molecule is [2H]C1([2H])N(CC2CCNCC2)C([2H])([2H])C([2H])([2H])N(c2c(F)cc3c(c2F)C(=O)N(C2CCC(=O)NC2=O)C3=O)C1([2H])[2H]. The zero-order chi connectivity index (χ0) is 31.2. The molecule has 34 heavy (non-hydrogen) atoms. The van der Waals surface area contributed by atoms with Gasteiger partial charge in [-0.2, -0.15) is 0 Å². The molecule has 9 nitrogen and oxygen atoms in total. The highest BCUT2D eigenvalue weighted by atomic mass is 19.1. The van der Waals surface area contributed by atoms with E-state index in [1.807, 2.05) is 5.32 Å². The summed E-state index contributed by atoms with van der Waals surface area (Å²) in [5.41, 5.74) is -3.56. The summed E-state index contributed by atoms with van der Waals surface area (Å²) in [5.74, 6) is -8.42. The molecule has 0 radical (unpaired) electrons. The van der Waals surface area contributed by atoms with E-state index in [1.165, 1.54) is 0 Å². The van der Waals surface area contributed by atoms with E-state index in [0.29, 0.717) is 41.8 Å². The molecule has 5 rings (SSSR count). The van der Waals surface area contributed by atoms with Crippen LogP contribution in [-0.4, -0.2) is 85.1 Å². The van der Waals surface area contributed by atoms with E-state index in [9.17, 15) is 19.2 Å². The maximum Gasteiger partial charge on any atom is 0.265 e. The van der Waals surface area contributed by atoms with E-state index in [1.54, 1.807) is 0 Å². The molecule has 3 saturated heterocycles. The van der Waals surface area contributed by atoms with Gasteiger partial charge in [0.05, 0.1) is 16.6 Å². The molecule has 4 heterocycles. The van der Waals surface area contributed by atoms with Crippen LogP contribution in [0.5, 0.6) is 0 Å². The Bertz CT molecular complexity index is 1360. The first kappa shape index (κ1) is 15.2. The lowest BCUT2D eigenvalue weighted by Crippen LogP contribution is -2.54. The molecule has 1 aromatic rings. The van der Waals surface area contributed by atoms with Gasteiger partial charge in [-0.15, -0.1) is 0 Å². The first-order chi connectivity index (χ1) is 19.4. The predicted octanol–water partition coefficient (Wildman–Crippen LogP) is 0.488. The van der Waals surface area contributed by atoms with Gasteiger partial charge in [-0.1, -0.05) is 0 Å². The Balaban J connectivity index is 1.61. The van der Waals surface area contributed by atoms with Gasteiger partial charge < -0.3 is 10.2 Å². The lowest BCUT2D eigenvalue weighted by atomic mass is 9.97. The minimum absolute atomic E-state index is 0.252. The number of anilines is 1. The van der Waals surface area contributed by atoms with Crippen molar-refractivity contribution in [1.29, 1.82) is 0 Å². The molecule has 3 fully saturated rings. The van der Waals surface area contributed by atoms with Crippen molar-refractivity contribution in [3.8, 4) is 0 Å². The number of hydrogen-bond acceptors (Lipinski definition) is 7. The van der Waals surface area contributed by atoms with E-state index in [2.05, 4.69) is 5.32 Å². The minimum Gasteiger partial charge on any atom is -0.364 e. The number of nitrogens with zero attached hydrogens (tertiary/aromatic N) is 3. The van der Waals surface area contributed by atoms with Crippen LogP contribution >= 0.6 is 0 Å². The van der Waals surface area contributed by atoms with Crippen molar-refractivity contribution in [1.82, 2.24) is 20.4 Å². The lowest BCUT2D eigenvalue weighted by Gasteiger charge is -2.38. The molecule has 4 aliphatic rings. The highest BCUT2D eigenvalue weighted by Gasteiger charge is 2.47. The number of hydrogen-bond donors (Lipinski definition) is 2. The summed E-state index contributed by atoms with van der Waals surface area (Å²) in [5, 5.41) is 5.03. The summed E-state index contributed by atoms with van der Waals surface area (Å²) < 4.78 is 101. The van der Waals surface area contributed by atoms with Gasteiger partial charge >= 0.3 is 0 Å². The minimum atomic E-state index is -3.63. The Morgan fingerprint density at radius 1 is 1.00 bits per heavy atom. The lowest BCUT2D eigenvalue weighted by molar-refractivity contribution is -0.136. The summed E-state index contributed by atoms with van der Waals surface area (Å²) in [7, 11) is 0. The van der Waals surface area contributed by atoms with E-state index < -0.39 is 90.7 Å². The maximum absolute atomic E-state index is 16.2. The van der Waals surface area contributed by atoms with Crippen LogP contribution in [0.15, 0.2) is 6.07 Å². The molecule has 4 aliphatic heterocycles. The van der Waals surface area contributed by atoms with Gasteiger partial charge in [0, 0.05) is 44.4 Å². The summed E-state index contributed by atoms with van der Waals surface area (Å²) in [6.07, 6.45) is 0.411. The molecule has 0 spiro atoms. The van der Waals surface area contributed by atoms with Crippen molar-refractivity contribution < 1.29 is 38.9 Å². The number of amides is 4. The molecule has 182 valence electrons. The largest absolute Gasteiger partial charge is 0.364 e. The Hall–Kier alpha value is -2.92. The molecular weight excluding hydrogens is 448 g/mol. The molecule has 0 bridgehead atoms. The third kappa shape index (κ3) is 3.96. The molecule has 1 unspecified atom stereocenters. The Kier molecular flexibility index (Phi) is 4.02. The summed E-state index contributed by atoms with van der Waals surface area (Å²) in [6, 6.07) is -1.20. The number of carbonyl (C=O) groups is 4. The van der Waals surface area contributed by atoms with Gasteiger partial charge in [0.15, 0.2) is 5.82 Å². The van der Waals surface area contributed by atoms with Gasteiger partial charge in [0.25, 0.3) is 11.8 Å². The van der Waals surface area contributed by atoms with E-state index in [4.69, 9.17) is 11.0 Å². The fraction of sp³-hybridized carbons (Fsp3) is 0.565. The average Bonchev–Trinajstić information content (AvgIpc) is 3.13. The van der Waals surface area contributed by atoms with Crippen LogP contribution in [0.4, 0.5) is 14.5 Å². The van der Waals surface area contributed by atoms with Crippen molar-refractivity contribution in [2.45, 2.75) is 31.7 Å². The van der Waals surface area contributed by atoms with E-state index in [0.717, 1.165) is 0 Å². The fourth-order valence-corrected chi connectivity index (χ4v) is 4.55. The van der Waals surface area contributed by atoms with Gasteiger partial charge in [-0.25, -0.2) is 8.78 Å². The number of benzene rings is 1. The van der Waals surface area contributed by atoms with Crippen LogP contribution in [0.2, 0.25) is 0 Å². The Labute approximate surface area is 206 Å². The Morgan fingerprint density at radius 3 is 2.38 bits per heavy atom. The maximum atomic E-state index is 16.2. The number of nitrogens with one attached hydrogen (secondary N) is 2. The second kappa shape index (κ2) is 9.03. The molecule has 1 aromatic carbocycles. The predicted molar refractivity (Wildman–Crippen MR) is 117 cm³/mol. The average molecular weight is 484 g/mol. The smallest absolute Gasteiger partial charge is 0.265 e. The molecule has 0 aliphatic carbocycles. The van der Waals surface area contributed by atoms with Gasteiger partial charge in [-0.05, 0) is 44.3 Å². The van der Waals surface area contributed by atoms with Crippen LogP contribution in [-0.2, 0) is 9.59 Å². The second-order valence-electron chi connectivity index (χ2n) is 8.48. The Morgan fingerprint density at radius 2 is 1.71 bits per heavy atom. The van der Waals surface area contributed by atoms with Crippen LogP contribution in [0, 0.1) is 17.6 Å². The topological polar surface area (TPSA) is 102 Å². The highest BCUT2D eigenvalue weighted by molar-refractivity contribution is 6.24. The van der Waals surface area contributed by atoms with Crippen LogP contribution in [0.25, 0.3) is 0 Å². The van der Waals surface area contributed by atoms with Crippen LogP contribution in [0.1, 0.15) is 57.4 Å². The standard InChI is InChI=1S/C23H27F2N5O4/c24-15-11-14-18(23(34)30(22(14)33)16-1-2-17(31)27-21(16)32)19(25)20(15)29-9-7-28(8-10-29)12-13-3-5-26-6-4-13/h11,13,16,26H,1-10,12H2,(H,27,31,32)/i7D2,8D2,9D2,10D2. The van der Waals surface area contributed by atoms with E-state index in [-0.39, 0.29) is 23.7 Å². The highest BCUT2D eigenvalue weighted by Crippen LogP contribution is 2.36. The number of halogens is 2. The molecule has 2 N–H and O–H groups in total. The summed E-state index contributed by atoms with van der Waals surface area (Å²) in [4.78, 5) is 50.6. The van der Waals surface area contributed by atoms with Crippen LogP contribution in [0.3, 0.4) is 0 Å². The van der Waals surface area contributed by atoms with Crippen molar-refractivity contribution in [3.05, 3.63) is 28.8 Å².